The molecule has 0 aromatic carbocycles. The van der Waals surface area contributed by atoms with Crippen molar-refractivity contribution >= 4 is 35.0 Å². The highest BCUT2D eigenvalue weighted by Crippen LogP contribution is 2.20. The van der Waals surface area contributed by atoms with Gasteiger partial charge in [0.1, 0.15) is 5.15 Å². The first-order valence-corrected chi connectivity index (χ1v) is 6.16. The molecule has 1 rings (SSSR count). The second-order valence-corrected chi connectivity index (χ2v) is 4.24. The number of nitrogens with one attached hydrogen (secondary N) is 1. The van der Waals surface area contributed by atoms with Gasteiger partial charge in [-0.15, -0.1) is 0 Å². The molecule has 102 valence electrons. The van der Waals surface area contributed by atoms with Crippen LogP contribution in [0.2, 0.25) is 10.2 Å². The van der Waals surface area contributed by atoms with E-state index in [1.807, 2.05) is 0 Å². The molecule has 0 radical (unpaired) electrons. The summed E-state index contributed by atoms with van der Waals surface area (Å²) < 4.78 is 4.62. The van der Waals surface area contributed by atoms with Gasteiger partial charge in [0.05, 0.1) is 11.3 Å². The van der Waals surface area contributed by atoms with Crippen LogP contribution in [-0.4, -0.2) is 29.3 Å². The molecule has 0 aliphatic carbocycles. The number of pyridine rings is 1. The fraction of sp³-hybridized carbons (Fsp3) is 0.250. The Labute approximate surface area is 120 Å². The van der Waals surface area contributed by atoms with E-state index in [0.717, 1.165) is 6.26 Å². The van der Waals surface area contributed by atoms with Crippen LogP contribution in [0.1, 0.15) is 17.3 Å². The van der Waals surface area contributed by atoms with Gasteiger partial charge in [-0.2, -0.15) is 0 Å². The summed E-state index contributed by atoms with van der Waals surface area (Å²) in [5, 5.41) is 2.94. The van der Waals surface area contributed by atoms with E-state index < -0.39 is 17.8 Å². The average Bonchev–Trinajstić information content (AvgIpc) is 2.38. The van der Waals surface area contributed by atoms with Crippen LogP contribution in [0.3, 0.4) is 0 Å². The molecule has 1 N–H and O–H groups in total. The topological polar surface area (TPSA) is 68.3 Å². The SMILES string of the molecule is C=COC(=O)C(NCC)C(=O)c1cc(Cl)ncc1Cl. The lowest BCUT2D eigenvalue weighted by atomic mass is 10.1. The number of ether oxygens (including phenoxy) is 1. The van der Waals surface area contributed by atoms with Crippen molar-refractivity contribution in [3.63, 3.8) is 0 Å². The smallest absolute Gasteiger partial charge is 0.336 e. The Hall–Kier alpha value is -1.43. The minimum atomic E-state index is -1.17. The summed E-state index contributed by atoms with van der Waals surface area (Å²) in [5.41, 5.74) is 0.105. The molecule has 19 heavy (non-hydrogen) atoms. The van der Waals surface area contributed by atoms with Gasteiger partial charge in [0, 0.05) is 11.8 Å². The Morgan fingerprint density at radius 1 is 1.58 bits per heavy atom. The van der Waals surface area contributed by atoms with Gasteiger partial charge >= 0.3 is 5.97 Å². The Balaban J connectivity index is 3.08. The van der Waals surface area contributed by atoms with Crippen LogP contribution in [-0.2, 0) is 9.53 Å². The van der Waals surface area contributed by atoms with E-state index in [1.54, 1.807) is 6.92 Å². The minimum Gasteiger partial charge on any atom is -0.434 e. The standard InChI is InChI=1S/C12H12Cl2N2O3/c1-3-15-10(12(18)19-4-2)11(17)7-5-9(14)16-6-8(7)13/h4-6,10,15H,2-3H2,1H3. The number of carbonyl (C=O) groups excluding carboxylic acids is 2. The number of nitrogens with zero attached hydrogens (tertiary/aromatic N) is 1. The molecule has 0 aliphatic heterocycles. The number of esters is 1. The largest absolute Gasteiger partial charge is 0.434 e. The Morgan fingerprint density at radius 2 is 2.26 bits per heavy atom. The van der Waals surface area contributed by atoms with Crippen molar-refractivity contribution in [3.8, 4) is 0 Å². The molecule has 0 bridgehead atoms. The number of hydrogen-bond donors (Lipinski definition) is 1. The zero-order valence-electron chi connectivity index (χ0n) is 10.2. The highest BCUT2D eigenvalue weighted by atomic mass is 35.5. The van der Waals surface area contributed by atoms with E-state index in [1.165, 1.54) is 12.3 Å². The third kappa shape index (κ3) is 4.02. The average molecular weight is 303 g/mol. The molecule has 5 nitrogen and oxygen atoms in total. The van der Waals surface area contributed by atoms with Crippen LogP contribution in [0.15, 0.2) is 25.1 Å². The number of Topliss-reactive ketones (excluding diaryl/α,β-unsaturated/α-hetero) is 1. The van der Waals surface area contributed by atoms with Gasteiger partial charge in [0.2, 0.25) is 0 Å². The van der Waals surface area contributed by atoms with Gasteiger partial charge in [0.15, 0.2) is 11.8 Å². The monoisotopic (exact) mass is 302 g/mol. The van der Waals surface area contributed by atoms with Crippen molar-refractivity contribution in [2.45, 2.75) is 13.0 Å². The number of ketones is 1. The molecule has 0 saturated heterocycles. The summed E-state index contributed by atoms with van der Waals surface area (Å²) in [6, 6.07) is 0.136. The zero-order chi connectivity index (χ0) is 14.4. The molecule has 7 heteroatoms. The summed E-state index contributed by atoms with van der Waals surface area (Å²) in [6.45, 7) is 5.42. The van der Waals surface area contributed by atoms with E-state index >= 15 is 0 Å². The first-order chi connectivity index (χ1) is 9.01. The quantitative estimate of drug-likeness (QED) is 0.287. The van der Waals surface area contributed by atoms with Crippen molar-refractivity contribution in [2.24, 2.45) is 0 Å². The second kappa shape index (κ2) is 7.23. The highest BCUT2D eigenvalue weighted by molar-refractivity contribution is 6.36. The van der Waals surface area contributed by atoms with Crippen molar-refractivity contribution in [1.82, 2.24) is 10.3 Å². The molecule has 0 amide bonds. The molecule has 1 unspecified atom stereocenters. The van der Waals surface area contributed by atoms with Crippen LogP contribution in [0.4, 0.5) is 0 Å². The van der Waals surface area contributed by atoms with Crippen molar-refractivity contribution in [2.75, 3.05) is 6.54 Å². The van der Waals surface area contributed by atoms with E-state index in [-0.39, 0.29) is 15.7 Å². The van der Waals surface area contributed by atoms with Gasteiger partial charge in [-0.1, -0.05) is 36.7 Å². The first-order valence-electron chi connectivity index (χ1n) is 5.41. The number of aromatic nitrogens is 1. The van der Waals surface area contributed by atoms with Crippen molar-refractivity contribution < 1.29 is 14.3 Å². The summed E-state index contributed by atoms with van der Waals surface area (Å²) in [6.07, 6.45) is 2.21. The number of hydrogen-bond acceptors (Lipinski definition) is 5. The molecule has 0 aliphatic rings. The second-order valence-electron chi connectivity index (χ2n) is 3.45. The molecule has 0 fully saturated rings. The maximum absolute atomic E-state index is 12.3. The Morgan fingerprint density at radius 3 is 2.84 bits per heavy atom. The van der Waals surface area contributed by atoms with Crippen LogP contribution in [0.5, 0.6) is 0 Å². The molecule has 1 aromatic rings. The Bertz CT molecular complexity index is 506. The van der Waals surface area contributed by atoms with Gasteiger partial charge in [-0.25, -0.2) is 9.78 Å². The van der Waals surface area contributed by atoms with Gasteiger partial charge in [-0.05, 0) is 12.6 Å². The maximum Gasteiger partial charge on any atom is 0.336 e. The third-order valence-electron chi connectivity index (χ3n) is 2.19. The highest BCUT2D eigenvalue weighted by Gasteiger charge is 2.29. The van der Waals surface area contributed by atoms with Gasteiger partial charge in [-0.3, -0.25) is 10.1 Å². The van der Waals surface area contributed by atoms with Crippen molar-refractivity contribution in [1.29, 1.82) is 0 Å². The normalized spacial score (nSPS) is 11.7. The van der Waals surface area contributed by atoms with Crippen LogP contribution in [0.25, 0.3) is 0 Å². The molecule has 1 aromatic heterocycles. The molecular weight excluding hydrogens is 291 g/mol. The van der Waals surface area contributed by atoms with Crippen LogP contribution in [0, 0.1) is 0 Å². The number of carbonyl (C=O) groups is 2. The van der Waals surface area contributed by atoms with E-state index in [0.29, 0.717) is 6.54 Å². The third-order valence-corrected chi connectivity index (χ3v) is 2.70. The summed E-state index contributed by atoms with van der Waals surface area (Å²) in [5.74, 6) is -1.30. The van der Waals surface area contributed by atoms with Crippen LogP contribution >= 0.6 is 23.2 Å². The lowest BCUT2D eigenvalue weighted by molar-refractivity contribution is -0.139. The molecule has 0 saturated carbocycles. The molecule has 1 atom stereocenters. The van der Waals surface area contributed by atoms with Gasteiger partial charge in [0.25, 0.3) is 0 Å². The summed E-state index contributed by atoms with van der Waals surface area (Å²) in [7, 11) is 0. The predicted molar refractivity (Wildman–Crippen MR) is 72.3 cm³/mol. The van der Waals surface area contributed by atoms with Crippen molar-refractivity contribution in [3.05, 3.63) is 40.8 Å². The lowest BCUT2D eigenvalue weighted by Crippen LogP contribution is -2.44. The number of halogens is 2. The molecule has 1 heterocycles. The predicted octanol–water partition coefficient (Wildman–Crippen LogP) is 2.24. The molecular formula is C12H12Cl2N2O3. The number of rotatable bonds is 6. The minimum absolute atomic E-state index is 0.105. The number of likely N-dealkylation sites (N-methyl/N-ethyl adjacent to an activating group) is 1. The zero-order valence-corrected chi connectivity index (χ0v) is 11.7. The van der Waals surface area contributed by atoms with E-state index in [9.17, 15) is 9.59 Å². The summed E-state index contributed by atoms with van der Waals surface area (Å²) >= 11 is 11.6. The first kappa shape index (κ1) is 15.6. The Kier molecular flexibility index (Phi) is 5.95. The summed E-state index contributed by atoms with van der Waals surface area (Å²) in [4.78, 5) is 27.7. The maximum atomic E-state index is 12.3. The van der Waals surface area contributed by atoms with Crippen LogP contribution < -0.4 is 5.32 Å². The lowest BCUT2D eigenvalue weighted by Gasteiger charge is -2.14. The fourth-order valence-electron chi connectivity index (χ4n) is 1.39. The fourth-order valence-corrected chi connectivity index (χ4v) is 1.75. The molecule has 0 spiro atoms. The van der Waals surface area contributed by atoms with E-state index in [2.05, 4.69) is 21.6 Å². The van der Waals surface area contributed by atoms with Gasteiger partial charge < -0.3 is 4.74 Å². The van der Waals surface area contributed by atoms with E-state index in [4.69, 9.17) is 23.2 Å².